The van der Waals surface area contributed by atoms with Crippen LogP contribution in [0.15, 0.2) is 42.5 Å². The lowest BCUT2D eigenvalue weighted by Gasteiger charge is -2.21. The second kappa shape index (κ2) is 6.15. The van der Waals surface area contributed by atoms with E-state index in [9.17, 15) is 8.78 Å². The highest BCUT2D eigenvalue weighted by atomic mass is 19.2. The smallest absolute Gasteiger partial charge is 0.166 e. The molecule has 2 nitrogen and oxygen atoms in total. The molecular weight excluding hydrogens is 282 g/mol. The van der Waals surface area contributed by atoms with Crippen molar-refractivity contribution < 1.29 is 8.78 Å². The third-order valence-electron chi connectivity index (χ3n) is 4.49. The molecule has 0 radical (unpaired) electrons. The van der Waals surface area contributed by atoms with Gasteiger partial charge in [-0.15, -0.1) is 0 Å². The van der Waals surface area contributed by atoms with Crippen LogP contribution in [-0.2, 0) is 0 Å². The molecule has 2 aromatic carbocycles. The number of likely N-dealkylation sites (tertiary alicyclic amines) is 1. The third-order valence-corrected chi connectivity index (χ3v) is 4.49. The molecule has 0 spiro atoms. The average Bonchev–Trinajstić information content (AvgIpc) is 2.92. The Morgan fingerprint density at radius 3 is 2.55 bits per heavy atom. The number of hydrogen-bond donors (Lipinski definition) is 1. The number of benzene rings is 2. The normalized spacial score (nSPS) is 22.2. The van der Waals surface area contributed by atoms with Crippen LogP contribution in [0.3, 0.4) is 0 Å². The summed E-state index contributed by atoms with van der Waals surface area (Å²) in [6, 6.07) is 12.3. The van der Waals surface area contributed by atoms with Gasteiger partial charge in [-0.1, -0.05) is 30.3 Å². The molecule has 0 bridgehead atoms. The van der Waals surface area contributed by atoms with E-state index < -0.39 is 11.6 Å². The van der Waals surface area contributed by atoms with Crippen LogP contribution < -0.4 is 5.73 Å². The van der Waals surface area contributed by atoms with Crippen molar-refractivity contribution in [3.05, 3.63) is 59.7 Å². The second-order valence-electron chi connectivity index (χ2n) is 6.02. The minimum absolute atomic E-state index is 0.0890. The van der Waals surface area contributed by atoms with E-state index >= 15 is 0 Å². The van der Waals surface area contributed by atoms with Gasteiger partial charge in [-0.05, 0) is 49.2 Å². The van der Waals surface area contributed by atoms with Crippen LogP contribution in [0.4, 0.5) is 8.78 Å². The Morgan fingerprint density at radius 1 is 1.18 bits per heavy atom. The second-order valence-corrected chi connectivity index (χ2v) is 6.02. The van der Waals surface area contributed by atoms with Gasteiger partial charge in [-0.25, -0.2) is 8.78 Å². The van der Waals surface area contributed by atoms with E-state index in [1.165, 1.54) is 6.07 Å². The zero-order chi connectivity index (χ0) is 15.7. The van der Waals surface area contributed by atoms with Crippen molar-refractivity contribution in [2.24, 2.45) is 11.7 Å². The van der Waals surface area contributed by atoms with Gasteiger partial charge in [0.2, 0.25) is 0 Å². The summed E-state index contributed by atoms with van der Waals surface area (Å²) in [5, 5.41) is 0. The van der Waals surface area contributed by atoms with Crippen LogP contribution in [-0.4, -0.2) is 25.0 Å². The van der Waals surface area contributed by atoms with Gasteiger partial charge in [-0.3, -0.25) is 4.90 Å². The van der Waals surface area contributed by atoms with Crippen molar-refractivity contribution in [3.63, 3.8) is 0 Å². The molecule has 0 aromatic heterocycles. The topological polar surface area (TPSA) is 29.3 Å². The molecule has 1 aliphatic rings. The standard InChI is InChI=1S/C18H20F2N2/c1-22-11-12(10-21)7-17(22)14-8-15(18(20)16(19)9-14)13-5-3-2-4-6-13/h2-6,8-9,12,17H,7,10-11,21H2,1H3. The van der Waals surface area contributed by atoms with E-state index in [2.05, 4.69) is 4.90 Å². The molecule has 0 amide bonds. The van der Waals surface area contributed by atoms with Gasteiger partial charge < -0.3 is 5.73 Å². The number of halogens is 2. The van der Waals surface area contributed by atoms with E-state index in [1.54, 1.807) is 18.2 Å². The zero-order valence-electron chi connectivity index (χ0n) is 12.6. The highest BCUT2D eigenvalue weighted by Crippen LogP contribution is 2.36. The van der Waals surface area contributed by atoms with Crippen LogP contribution in [0.1, 0.15) is 18.0 Å². The summed E-state index contributed by atoms with van der Waals surface area (Å²) in [6.45, 7) is 1.51. The first-order chi connectivity index (χ1) is 10.6. The molecule has 3 rings (SSSR count). The first-order valence-corrected chi connectivity index (χ1v) is 7.54. The zero-order valence-corrected chi connectivity index (χ0v) is 12.6. The molecule has 2 N–H and O–H groups in total. The Bertz CT molecular complexity index is 658. The fourth-order valence-electron chi connectivity index (χ4n) is 3.30. The summed E-state index contributed by atoms with van der Waals surface area (Å²) >= 11 is 0. The predicted octanol–water partition coefficient (Wildman–Crippen LogP) is 3.58. The maximum atomic E-state index is 14.2. The van der Waals surface area contributed by atoms with E-state index in [1.807, 2.05) is 25.2 Å². The highest BCUT2D eigenvalue weighted by molar-refractivity contribution is 5.65. The minimum Gasteiger partial charge on any atom is -0.330 e. The first kappa shape index (κ1) is 15.1. The Morgan fingerprint density at radius 2 is 1.91 bits per heavy atom. The lowest BCUT2D eigenvalue weighted by Crippen LogP contribution is -2.20. The molecular formula is C18H20F2N2. The minimum atomic E-state index is -0.791. The summed E-state index contributed by atoms with van der Waals surface area (Å²) < 4.78 is 28.3. The molecule has 1 heterocycles. The maximum absolute atomic E-state index is 14.2. The molecule has 116 valence electrons. The van der Waals surface area contributed by atoms with Crippen LogP contribution in [0.5, 0.6) is 0 Å². The fourth-order valence-corrected chi connectivity index (χ4v) is 3.30. The Hall–Kier alpha value is -1.78. The molecule has 22 heavy (non-hydrogen) atoms. The summed E-state index contributed by atoms with van der Waals surface area (Å²) in [4.78, 5) is 2.17. The highest BCUT2D eigenvalue weighted by Gasteiger charge is 2.30. The molecule has 1 saturated heterocycles. The molecule has 2 atom stereocenters. The van der Waals surface area contributed by atoms with E-state index in [0.29, 0.717) is 23.6 Å². The summed E-state index contributed by atoms with van der Waals surface area (Å²) in [5.41, 5.74) is 7.58. The molecule has 0 saturated carbocycles. The van der Waals surface area contributed by atoms with Crippen molar-refractivity contribution >= 4 is 0 Å². The largest absolute Gasteiger partial charge is 0.330 e. The first-order valence-electron chi connectivity index (χ1n) is 7.54. The monoisotopic (exact) mass is 302 g/mol. The maximum Gasteiger partial charge on any atom is 0.166 e. The lowest BCUT2D eigenvalue weighted by atomic mass is 9.95. The van der Waals surface area contributed by atoms with Crippen LogP contribution in [0, 0.1) is 17.6 Å². The SMILES string of the molecule is CN1CC(CN)CC1c1cc(F)c(F)c(-c2ccccc2)c1. The summed E-state index contributed by atoms with van der Waals surface area (Å²) in [5.74, 6) is -1.17. The molecule has 2 aromatic rings. The van der Waals surface area contributed by atoms with Crippen molar-refractivity contribution in [1.29, 1.82) is 0 Å². The Kier molecular flexibility index (Phi) is 4.23. The number of nitrogens with zero attached hydrogens (tertiary/aromatic N) is 1. The van der Waals surface area contributed by atoms with Crippen LogP contribution >= 0.6 is 0 Å². The van der Waals surface area contributed by atoms with E-state index in [4.69, 9.17) is 5.73 Å². The van der Waals surface area contributed by atoms with Gasteiger partial charge in [-0.2, -0.15) is 0 Å². The number of hydrogen-bond acceptors (Lipinski definition) is 2. The van der Waals surface area contributed by atoms with E-state index in [-0.39, 0.29) is 6.04 Å². The van der Waals surface area contributed by atoms with Gasteiger partial charge in [0.25, 0.3) is 0 Å². The van der Waals surface area contributed by atoms with Gasteiger partial charge >= 0.3 is 0 Å². The van der Waals surface area contributed by atoms with Gasteiger partial charge in [0.15, 0.2) is 11.6 Å². The molecule has 1 fully saturated rings. The Balaban J connectivity index is 2.02. The molecule has 0 aliphatic carbocycles. The van der Waals surface area contributed by atoms with Crippen molar-refractivity contribution in [1.82, 2.24) is 4.90 Å². The quantitative estimate of drug-likeness (QED) is 0.939. The molecule has 4 heteroatoms. The van der Waals surface area contributed by atoms with Crippen molar-refractivity contribution in [3.8, 4) is 11.1 Å². The lowest BCUT2D eigenvalue weighted by molar-refractivity contribution is 0.312. The van der Waals surface area contributed by atoms with E-state index in [0.717, 1.165) is 18.5 Å². The van der Waals surface area contributed by atoms with Crippen LogP contribution in [0.2, 0.25) is 0 Å². The van der Waals surface area contributed by atoms with Crippen molar-refractivity contribution in [2.75, 3.05) is 20.1 Å². The van der Waals surface area contributed by atoms with Gasteiger partial charge in [0.1, 0.15) is 0 Å². The van der Waals surface area contributed by atoms with Gasteiger partial charge in [0, 0.05) is 18.2 Å². The predicted molar refractivity (Wildman–Crippen MR) is 84.3 cm³/mol. The summed E-state index contributed by atoms with van der Waals surface area (Å²) in [7, 11) is 2.00. The molecule has 2 unspecified atom stereocenters. The summed E-state index contributed by atoms with van der Waals surface area (Å²) in [6.07, 6.45) is 0.881. The van der Waals surface area contributed by atoms with Crippen LogP contribution in [0.25, 0.3) is 11.1 Å². The third kappa shape index (κ3) is 2.76. The fraction of sp³-hybridized carbons (Fsp3) is 0.333. The number of rotatable bonds is 3. The number of nitrogens with two attached hydrogens (primary N) is 1. The Labute approximate surface area is 129 Å². The average molecular weight is 302 g/mol. The van der Waals surface area contributed by atoms with Crippen molar-refractivity contribution in [2.45, 2.75) is 12.5 Å². The van der Waals surface area contributed by atoms with Gasteiger partial charge in [0.05, 0.1) is 0 Å². The molecule has 1 aliphatic heterocycles.